The number of carbonyl (C=O) groups is 1. The van der Waals surface area contributed by atoms with Crippen LogP contribution in [0.1, 0.15) is 41.4 Å². The van der Waals surface area contributed by atoms with Crippen LogP contribution >= 0.6 is 11.6 Å². The Morgan fingerprint density at radius 3 is 2.79 bits per heavy atom. The fraction of sp³-hybridized carbons (Fsp3) is 0.526. The summed E-state index contributed by atoms with van der Waals surface area (Å²) in [6.07, 6.45) is 4.04. The van der Waals surface area contributed by atoms with Crippen molar-refractivity contribution in [2.75, 3.05) is 33.0 Å². The van der Waals surface area contributed by atoms with Crippen LogP contribution in [0.25, 0.3) is 0 Å². The SMILES string of the molecule is O=C(NCCCO)c1cn(C2CCN(Cc3cc4c(cc3Cl)OCO4)CC2)nn1. The van der Waals surface area contributed by atoms with E-state index in [2.05, 4.69) is 20.5 Å². The molecule has 3 heterocycles. The molecular formula is C19H24ClN5O4. The molecule has 156 valence electrons. The topological polar surface area (TPSA) is 102 Å². The Labute approximate surface area is 173 Å². The van der Waals surface area contributed by atoms with Gasteiger partial charge in [0.1, 0.15) is 0 Å². The van der Waals surface area contributed by atoms with E-state index < -0.39 is 0 Å². The van der Waals surface area contributed by atoms with Gasteiger partial charge in [-0.3, -0.25) is 9.69 Å². The maximum absolute atomic E-state index is 12.0. The van der Waals surface area contributed by atoms with E-state index in [1.807, 2.05) is 12.1 Å². The Morgan fingerprint density at radius 1 is 1.28 bits per heavy atom. The second kappa shape index (κ2) is 8.98. The number of aliphatic hydroxyl groups excluding tert-OH is 1. The van der Waals surface area contributed by atoms with Gasteiger partial charge in [0.25, 0.3) is 5.91 Å². The van der Waals surface area contributed by atoms with Gasteiger partial charge < -0.3 is 19.9 Å². The lowest BCUT2D eigenvalue weighted by molar-refractivity contribution is 0.0946. The number of likely N-dealkylation sites (tertiary alicyclic amines) is 1. The third-order valence-corrected chi connectivity index (χ3v) is 5.58. The number of hydrogen-bond donors (Lipinski definition) is 2. The summed E-state index contributed by atoms with van der Waals surface area (Å²) in [6.45, 7) is 3.24. The van der Waals surface area contributed by atoms with E-state index in [0.717, 1.165) is 43.8 Å². The van der Waals surface area contributed by atoms with Crippen molar-refractivity contribution in [3.63, 3.8) is 0 Å². The molecule has 1 aromatic carbocycles. The summed E-state index contributed by atoms with van der Waals surface area (Å²) >= 11 is 6.39. The normalized spacial score (nSPS) is 16.9. The van der Waals surface area contributed by atoms with Gasteiger partial charge in [-0.05, 0) is 30.9 Å². The van der Waals surface area contributed by atoms with Gasteiger partial charge in [-0.25, -0.2) is 4.68 Å². The van der Waals surface area contributed by atoms with Crippen molar-refractivity contribution in [1.29, 1.82) is 0 Å². The third-order valence-electron chi connectivity index (χ3n) is 5.23. The molecule has 2 N–H and O–H groups in total. The molecule has 4 rings (SSSR count). The maximum Gasteiger partial charge on any atom is 0.273 e. The maximum atomic E-state index is 12.0. The summed E-state index contributed by atoms with van der Waals surface area (Å²) in [5.74, 6) is 1.17. The molecule has 0 aliphatic carbocycles. The molecule has 1 amide bonds. The van der Waals surface area contributed by atoms with Gasteiger partial charge in [0, 0.05) is 43.9 Å². The number of nitrogens with one attached hydrogen (secondary N) is 1. The Kier molecular flexibility index (Phi) is 6.17. The predicted molar refractivity (Wildman–Crippen MR) is 105 cm³/mol. The number of nitrogens with zero attached hydrogens (tertiary/aromatic N) is 4. The van der Waals surface area contributed by atoms with Crippen LogP contribution in [0.4, 0.5) is 0 Å². The number of ether oxygens (including phenoxy) is 2. The van der Waals surface area contributed by atoms with Crippen LogP contribution in [0.15, 0.2) is 18.3 Å². The minimum atomic E-state index is -0.264. The number of aliphatic hydroxyl groups is 1. The summed E-state index contributed by atoms with van der Waals surface area (Å²) in [7, 11) is 0. The molecule has 2 aromatic rings. The summed E-state index contributed by atoms with van der Waals surface area (Å²) in [6, 6.07) is 3.98. The lowest BCUT2D eigenvalue weighted by atomic mass is 10.0. The quantitative estimate of drug-likeness (QED) is 0.655. The first-order valence-electron chi connectivity index (χ1n) is 9.75. The fourth-order valence-electron chi connectivity index (χ4n) is 3.59. The summed E-state index contributed by atoms with van der Waals surface area (Å²) in [5.41, 5.74) is 1.33. The highest BCUT2D eigenvalue weighted by atomic mass is 35.5. The van der Waals surface area contributed by atoms with E-state index in [0.29, 0.717) is 29.4 Å². The van der Waals surface area contributed by atoms with Crippen molar-refractivity contribution >= 4 is 17.5 Å². The van der Waals surface area contributed by atoms with E-state index in [1.54, 1.807) is 10.9 Å². The number of piperidine rings is 1. The number of aromatic nitrogens is 3. The van der Waals surface area contributed by atoms with Crippen LogP contribution < -0.4 is 14.8 Å². The first-order valence-corrected chi connectivity index (χ1v) is 10.1. The van der Waals surface area contributed by atoms with Crippen LogP contribution in [-0.4, -0.2) is 63.9 Å². The second-order valence-corrected chi connectivity index (χ2v) is 7.63. The predicted octanol–water partition coefficient (Wildman–Crippen LogP) is 1.61. The number of carbonyl (C=O) groups excluding carboxylic acids is 1. The van der Waals surface area contributed by atoms with Crippen molar-refractivity contribution in [1.82, 2.24) is 25.2 Å². The van der Waals surface area contributed by atoms with Gasteiger partial charge in [-0.15, -0.1) is 5.10 Å². The first-order chi connectivity index (χ1) is 14.1. The third kappa shape index (κ3) is 4.63. The molecule has 0 atom stereocenters. The molecule has 0 saturated carbocycles. The zero-order chi connectivity index (χ0) is 20.2. The van der Waals surface area contributed by atoms with E-state index in [9.17, 15) is 4.79 Å². The van der Waals surface area contributed by atoms with Crippen LogP contribution in [0.2, 0.25) is 5.02 Å². The smallest absolute Gasteiger partial charge is 0.273 e. The zero-order valence-electron chi connectivity index (χ0n) is 16.0. The first kappa shape index (κ1) is 19.9. The number of halogens is 1. The Morgan fingerprint density at radius 2 is 2.03 bits per heavy atom. The highest BCUT2D eigenvalue weighted by Gasteiger charge is 2.24. The average Bonchev–Trinajstić information content (AvgIpc) is 3.38. The van der Waals surface area contributed by atoms with Gasteiger partial charge in [0.05, 0.1) is 12.2 Å². The fourth-order valence-corrected chi connectivity index (χ4v) is 3.81. The average molecular weight is 422 g/mol. The van der Waals surface area contributed by atoms with Crippen molar-refractivity contribution in [3.05, 3.63) is 34.6 Å². The van der Waals surface area contributed by atoms with Gasteiger partial charge in [-0.1, -0.05) is 16.8 Å². The molecule has 9 nitrogen and oxygen atoms in total. The highest BCUT2D eigenvalue weighted by molar-refractivity contribution is 6.31. The van der Waals surface area contributed by atoms with Crippen LogP contribution in [0.3, 0.4) is 0 Å². The van der Waals surface area contributed by atoms with Crippen LogP contribution in [0, 0.1) is 0 Å². The minimum Gasteiger partial charge on any atom is -0.454 e. The van der Waals surface area contributed by atoms with E-state index >= 15 is 0 Å². The monoisotopic (exact) mass is 421 g/mol. The molecule has 29 heavy (non-hydrogen) atoms. The summed E-state index contributed by atoms with van der Waals surface area (Å²) < 4.78 is 12.6. The Hall–Kier alpha value is -2.36. The molecule has 10 heteroatoms. The number of fused-ring (bicyclic) bond motifs is 1. The number of rotatable bonds is 7. The standard InChI is InChI=1S/C19H24ClN5O4/c20-15-9-18-17(28-12-29-18)8-13(15)10-24-5-2-14(3-6-24)25-11-16(22-23-25)19(27)21-4-1-7-26/h8-9,11,14,26H,1-7,10,12H2,(H,21,27). The van der Waals surface area contributed by atoms with E-state index in [1.165, 1.54) is 0 Å². The molecule has 0 bridgehead atoms. The van der Waals surface area contributed by atoms with Crippen molar-refractivity contribution in [2.45, 2.75) is 31.8 Å². The Bertz CT molecular complexity index is 866. The number of benzene rings is 1. The van der Waals surface area contributed by atoms with Crippen LogP contribution in [0.5, 0.6) is 11.5 Å². The zero-order valence-corrected chi connectivity index (χ0v) is 16.8. The summed E-state index contributed by atoms with van der Waals surface area (Å²) in [4.78, 5) is 14.4. The molecule has 1 saturated heterocycles. The largest absolute Gasteiger partial charge is 0.454 e. The van der Waals surface area contributed by atoms with Crippen molar-refractivity contribution < 1.29 is 19.4 Å². The van der Waals surface area contributed by atoms with Crippen LogP contribution in [-0.2, 0) is 6.54 Å². The second-order valence-electron chi connectivity index (χ2n) is 7.22. The molecule has 2 aliphatic rings. The minimum absolute atomic E-state index is 0.0447. The van der Waals surface area contributed by atoms with Crippen molar-refractivity contribution in [3.8, 4) is 11.5 Å². The molecule has 0 spiro atoms. The molecule has 2 aliphatic heterocycles. The Balaban J connectivity index is 1.30. The van der Waals surface area contributed by atoms with E-state index in [-0.39, 0.29) is 25.3 Å². The lowest BCUT2D eigenvalue weighted by Crippen LogP contribution is -2.34. The number of amides is 1. The van der Waals surface area contributed by atoms with Gasteiger partial charge in [0.15, 0.2) is 17.2 Å². The van der Waals surface area contributed by atoms with Gasteiger partial charge in [0.2, 0.25) is 6.79 Å². The lowest BCUT2D eigenvalue weighted by Gasteiger charge is -2.32. The molecule has 1 aromatic heterocycles. The molecule has 0 radical (unpaired) electrons. The molecule has 1 fully saturated rings. The van der Waals surface area contributed by atoms with Crippen molar-refractivity contribution in [2.24, 2.45) is 0 Å². The van der Waals surface area contributed by atoms with Gasteiger partial charge in [-0.2, -0.15) is 0 Å². The molecule has 0 unspecified atom stereocenters. The van der Waals surface area contributed by atoms with E-state index in [4.69, 9.17) is 26.2 Å². The number of hydrogen-bond acceptors (Lipinski definition) is 7. The summed E-state index contributed by atoms with van der Waals surface area (Å²) in [5, 5.41) is 20.3. The van der Waals surface area contributed by atoms with Gasteiger partial charge >= 0.3 is 0 Å². The highest BCUT2D eigenvalue weighted by Crippen LogP contribution is 2.37. The molecular weight excluding hydrogens is 398 g/mol.